The molecule has 0 saturated heterocycles. The van der Waals surface area contributed by atoms with Gasteiger partial charge in [0.1, 0.15) is 6.54 Å². The summed E-state index contributed by atoms with van der Waals surface area (Å²) in [5.41, 5.74) is 0.932. The van der Waals surface area contributed by atoms with Crippen molar-refractivity contribution in [3.63, 3.8) is 0 Å². The van der Waals surface area contributed by atoms with Gasteiger partial charge in [0, 0.05) is 6.20 Å². The summed E-state index contributed by atoms with van der Waals surface area (Å²) in [6, 6.07) is 0. The van der Waals surface area contributed by atoms with Crippen molar-refractivity contribution in [2.75, 3.05) is 6.61 Å². The Morgan fingerprint density at radius 2 is 2.33 bits per heavy atom. The van der Waals surface area contributed by atoms with Crippen LogP contribution in [0.15, 0.2) is 6.20 Å². The number of hydrogen-bond acceptors (Lipinski definition) is 4. The molecule has 0 aliphatic rings. The van der Waals surface area contributed by atoms with Crippen LogP contribution in [0.4, 0.5) is 0 Å². The van der Waals surface area contributed by atoms with E-state index in [1.54, 1.807) is 13.1 Å². The Bertz CT molecular complexity index is 309. The van der Waals surface area contributed by atoms with Gasteiger partial charge in [0.15, 0.2) is 0 Å². The predicted molar refractivity (Wildman–Crippen MR) is 55.3 cm³/mol. The molecule has 0 aliphatic heterocycles. The van der Waals surface area contributed by atoms with Gasteiger partial charge in [-0.25, -0.2) is 4.68 Å². The summed E-state index contributed by atoms with van der Waals surface area (Å²) in [5, 5.41) is 7.83. The van der Waals surface area contributed by atoms with Crippen LogP contribution < -0.4 is 0 Å². The molecule has 0 bridgehead atoms. The number of aryl methyl sites for hydroxylation is 1. The van der Waals surface area contributed by atoms with Crippen LogP contribution in [-0.2, 0) is 22.5 Å². The summed E-state index contributed by atoms with van der Waals surface area (Å²) < 4.78 is 6.33. The van der Waals surface area contributed by atoms with Crippen LogP contribution in [0.5, 0.6) is 0 Å². The van der Waals surface area contributed by atoms with Crippen molar-refractivity contribution < 1.29 is 9.53 Å². The fraction of sp³-hybridized carbons (Fsp3) is 0.700. The Morgan fingerprint density at radius 1 is 1.53 bits per heavy atom. The van der Waals surface area contributed by atoms with E-state index in [1.807, 2.05) is 0 Å². The molecule has 0 unspecified atom stereocenters. The third-order valence-corrected chi connectivity index (χ3v) is 1.97. The van der Waals surface area contributed by atoms with Crippen molar-refractivity contribution >= 4 is 5.97 Å². The van der Waals surface area contributed by atoms with E-state index in [0.29, 0.717) is 6.61 Å². The van der Waals surface area contributed by atoms with Crippen molar-refractivity contribution in [2.45, 2.75) is 39.7 Å². The number of unbranched alkanes of at least 4 members (excludes halogenated alkanes) is 1. The smallest absolute Gasteiger partial charge is 0.327 e. The zero-order chi connectivity index (χ0) is 11.1. The van der Waals surface area contributed by atoms with Crippen LogP contribution >= 0.6 is 0 Å². The third-order valence-electron chi connectivity index (χ3n) is 1.97. The molecule has 1 rings (SSSR count). The number of rotatable bonds is 6. The van der Waals surface area contributed by atoms with Crippen molar-refractivity contribution in [1.29, 1.82) is 0 Å². The van der Waals surface area contributed by atoms with Gasteiger partial charge in [0.2, 0.25) is 0 Å². The van der Waals surface area contributed by atoms with Gasteiger partial charge in [-0.3, -0.25) is 4.79 Å². The minimum Gasteiger partial charge on any atom is -0.465 e. The normalized spacial score (nSPS) is 10.3. The molecular formula is C10H17N3O2. The van der Waals surface area contributed by atoms with Crippen LogP contribution in [0.25, 0.3) is 0 Å². The number of nitrogens with zero attached hydrogens (tertiary/aromatic N) is 3. The third kappa shape index (κ3) is 4.10. The molecule has 5 heteroatoms. The first-order valence-corrected chi connectivity index (χ1v) is 5.30. The number of carbonyl (C=O) groups excluding carboxylic acids is 1. The zero-order valence-corrected chi connectivity index (χ0v) is 9.27. The minimum atomic E-state index is -0.274. The molecule has 0 radical (unpaired) electrons. The van der Waals surface area contributed by atoms with Gasteiger partial charge in [0.05, 0.1) is 12.3 Å². The molecule has 15 heavy (non-hydrogen) atoms. The Morgan fingerprint density at radius 3 is 3.00 bits per heavy atom. The molecule has 1 aromatic heterocycles. The number of hydrogen-bond donors (Lipinski definition) is 0. The van der Waals surface area contributed by atoms with Crippen molar-refractivity contribution in [2.24, 2.45) is 0 Å². The standard InChI is InChI=1S/C10H17N3O2/c1-3-5-6-9-7-13(12-11-9)8-10(14)15-4-2/h7H,3-6,8H2,1-2H3. The molecule has 0 spiro atoms. The van der Waals surface area contributed by atoms with Crippen molar-refractivity contribution in [3.8, 4) is 0 Å². The van der Waals surface area contributed by atoms with E-state index in [0.717, 1.165) is 25.0 Å². The van der Waals surface area contributed by atoms with Gasteiger partial charge in [-0.2, -0.15) is 0 Å². The molecule has 0 N–H and O–H groups in total. The monoisotopic (exact) mass is 211 g/mol. The molecule has 84 valence electrons. The Hall–Kier alpha value is -1.39. The summed E-state index contributed by atoms with van der Waals surface area (Å²) in [4.78, 5) is 11.1. The lowest BCUT2D eigenvalue weighted by Crippen LogP contribution is -2.13. The van der Waals surface area contributed by atoms with Gasteiger partial charge in [-0.05, 0) is 19.8 Å². The number of aromatic nitrogens is 3. The maximum atomic E-state index is 11.1. The average molecular weight is 211 g/mol. The second-order valence-electron chi connectivity index (χ2n) is 3.32. The van der Waals surface area contributed by atoms with E-state index >= 15 is 0 Å². The highest BCUT2D eigenvalue weighted by atomic mass is 16.5. The molecular weight excluding hydrogens is 194 g/mol. The summed E-state index contributed by atoms with van der Waals surface area (Å²) >= 11 is 0. The van der Waals surface area contributed by atoms with Gasteiger partial charge in [-0.15, -0.1) is 5.10 Å². The van der Waals surface area contributed by atoms with E-state index in [9.17, 15) is 4.79 Å². The molecule has 0 aromatic carbocycles. The fourth-order valence-electron chi connectivity index (χ4n) is 1.23. The summed E-state index contributed by atoms with van der Waals surface area (Å²) in [7, 11) is 0. The average Bonchev–Trinajstić information content (AvgIpc) is 2.63. The minimum absolute atomic E-state index is 0.146. The molecule has 0 amide bonds. The fourth-order valence-corrected chi connectivity index (χ4v) is 1.23. The molecule has 1 heterocycles. The lowest BCUT2D eigenvalue weighted by Gasteiger charge is -1.99. The van der Waals surface area contributed by atoms with Gasteiger partial charge in [-0.1, -0.05) is 18.6 Å². The molecule has 1 aromatic rings. The molecule has 0 atom stereocenters. The second kappa shape index (κ2) is 6.16. The van der Waals surface area contributed by atoms with Gasteiger partial charge in [0.25, 0.3) is 0 Å². The number of ether oxygens (including phenoxy) is 1. The zero-order valence-electron chi connectivity index (χ0n) is 9.27. The van der Waals surface area contributed by atoms with Gasteiger partial charge < -0.3 is 4.74 Å². The van der Waals surface area contributed by atoms with Crippen LogP contribution in [0.3, 0.4) is 0 Å². The Labute approximate surface area is 89.4 Å². The Kier molecular flexibility index (Phi) is 4.80. The van der Waals surface area contributed by atoms with Gasteiger partial charge >= 0.3 is 5.97 Å². The van der Waals surface area contributed by atoms with E-state index in [1.165, 1.54) is 4.68 Å². The number of esters is 1. The quantitative estimate of drug-likeness (QED) is 0.663. The number of carbonyl (C=O) groups is 1. The van der Waals surface area contributed by atoms with Crippen molar-refractivity contribution in [3.05, 3.63) is 11.9 Å². The summed E-state index contributed by atoms with van der Waals surface area (Å²) in [5.74, 6) is -0.274. The van der Waals surface area contributed by atoms with E-state index in [4.69, 9.17) is 4.74 Å². The summed E-state index contributed by atoms with van der Waals surface area (Å²) in [6.45, 7) is 4.46. The topological polar surface area (TPSA) is 57.0 Å². The van der Waals surface area contributed by atoms with Crippen LogP contribution in [0.1, 0.15) is 32.4 Å². The molecule has 0 saturated carbocycles. The predicted octanol–water partition coefficient (Wildman–Crippen LogP) is 1.18. The Balaban J connectivity index is 2.42. The first kappa shape index (κ1) is 11.7. The summed E-state index contributed by atoms with van der Waals surface area (Å²) in [6.07, 6.45) is 4.94. The van der Waals surface area contributed by atoms with Crippen LogP contribution in [-0.4, -0.2) is 27.6 Å². The lowest BCUT2D eigenvalue weighted by molar-refractivity contribution is -0.144. The molecule has 0 aliphatic carbocycles. The molecule has 5 nitrogen and oxygen atoms in total. The van der Waals surface area contributed by atoms with E-state index in [2.05, 4.69) is 17.2 Å². The first-order valence-electron chi connectivity index (χ1n) is 5.30. The maximum Gasteiger partial charge on any atom is 0.327 e. The van der Waals surface area contributed by atoms with E-state index in [-0.39, 0.29) is 12.5 Å². The molecule has 0 fully saturated rings. The van der Waals surface area contributed by atoms with Crippen LogP contribution in [0.2, 0.25) is 0 Å². The highest BCUT2D eigenvalue weighted by molar-refractivity contribution is 5.68. The highest BCUT2D eigenvalue weighted by Gasteiger charge is 2.05. The maximum absolute atomic E-state index is 11.1. The lowest BCUT2D eigenvalue weighted by atomic mass is 10.2. The first-order chi connectivity index (χ1) is 7.26. The highest BCUT2D eigenvalue weighted by Crippen LogP contribution is 2.00. The van der Waals surface area contributed by atoms with Crippen LogP contribution in [0, 0.1) is 0 Å². The van der Waals surface area contributed by atoms with E-state index < -0.39 is 0 Å². The van der Waals surface area contributed by atoms with Crippen molar-refractivity contribution in [1.82, 2.24) is 15.0 Å². The second-order valence-corrected chi connectivity index (χ2v) is 3.32. The SMILES string of the molecule is CCCCc1cn(CC(=O)OCC)nn1. The largest absolute Gasteiger partial charge is 0.465 e.